The van der Waals surface area contributed by atoms with E-state index in [1.54, 1.807) is 0 Å². The zero-order chi connectivity index (χ0) is 11.7. The van der Waals surface area contributed by atoms with Crippen LogP contribution in [0, 0.1) is 19.8 Å². The molecule has 1 heteroatoms. The van der Waals surface area contributed by atoms with E-state index in [0.29, 0.717) is 12.0 Å². The van der Waals surface area contributed by atoms with E-state index in [2.05, 4.69) is 39.0 Å². The summed E-state index contributed by atoms with van der Waals surface area (Å²) >= 11 is 0. The van der Waals surface area contributed by atoms with Gasteiger partial charge >= 0.3 is 0 Å². The van der Waals surface area contributed by atoms with Gasteiger partial charge < -0.3 is 5.73 Å². The monoisotopic (exact) mass is 217 g/mol. The van der Waals surface area contributed by atoms with Gasteiger partial charge in [-0.2, -0.15) is 0 Å². The molecule has 0 heterocycles. The number of hydrogen-bond acceptors (Lipinski definition) is 1. The van der Waals surface area contributed by atoms with Gasteiger partial charge in [0.25, 0.3) is 0 Å². The molecule has 16 heavy (non-hydrogen) atoms. The van der Waals surface area contributed by atoms with Gasteiger partial charge in [0.2, 0.25) is 0 Å². The minimum atomic E-state index is 0.358. The van der Waals surface area contributed by atoms with Gasteiger partial charge in [0, 0.05) is 6.04 Å². The average Bonchev–Trinajstić information content (AvgIpc) is 2.25. The molecule has 0 aliphatic heterocycles. The molecule has 1 aromatic carbocycles. The minimum absolute atomic E-state index is 0.358. The van der Waals surface area contributed by atoms with E-state index in [1.165, 1.54) is 36.0 Å². The van der Waals surface area contributed by atoms with E-state index >= 15 is 0 Å². The summed E-state index contributed by atoms with van der Waals surface area (Å²) in [6, 6.07) is 7.11. The lowest BCUT2D eigenvalue weighted by Gasteiger charge is -2.33. The molecular weight excluding hydrogens is 194 g/mol. The number of hydrogen-bond donors (Lipinski definition) is 1. The Labute approximate surface area is 99.0 Å². The normalized spacial score (nSPS) is 30.4. The smallest absolute Gasteiger partial charge is 0.0108 e. The fourth-order valence-electron chi connectivity index (χ4n) is 2.92. The van der Waals surface area contributed by atoms with Gasteiger partial charge in [0.1, 0.15) is 0 Å². The summed E-state index contributed by atoms with van der Waals surface area (Å²) in [6.07, 6.45) is 3.73. The second-order valence-corrected chi connectivity index (χ2v) is 5.55. The number of benzene rings is 1. The van der Waals surface area contributed by atoms with Crippen LogP contribution in [0.15, 0.2) is 18.2 Å². The van der Waals surface area contributed by atoms with E-state index in [4.69, 9.17) is 5.73 Å². The first-order chi connectivity index (χ1) is 7.58. The van der Waals surface area contributed by atoms with Crippen LogP contribution in [-0.2, 0) is 0 Å². The van der Waals surface area contributed by atoms with Gasteiger partial charge in [-0.3, -0.25) is 0 Å². The second kappa shape index (κ2) is 4.58. The van der Waals surface area contributed by atoms with Crippen LogP contribution in [0.1, 0.15) is 48.8 Å². The first kappa shape index (κ1) is 11.7. The minimum Gasteiger partial charge on any atom is -0.327 e. The summed E-state index contributed by atoms with van der Waals surface area (Å²) in [5.74, 6) is 1.40. The molecule has 1 aromatic rings. The van der Waals surface area contributed by atoms with Gasteiger partial charge in [0.05, 0.1) is 0 Å². The van der Waals surface area contributed by atoms with E-state index in [-0.39, 0.29) is 0 Å². The lowest BCUT2D eigenvalue weighted by Crippen LogP contribution is -2.34. The van der Waals surface area contributed by atoms with Crippen molar-refractivity contribution in [3.05, 3.63) is 34.9 Å². The highest BCUT2D eigenvalue weighted by molar-refractivity contribution is 5.34. The van der Waals surface area contributed by atoms with Crippen LogP contribution in [0.5, 0.6) is 0 Å². The van der Waals surface area contributed by atoms with Gasteiger partial charge in [-0.15, -0.1) is 0 Å². The lowest BCUT2D eigenvalue weighted by atomic mass is 9.74. The Morgan fingerprint density at radius 1 is 1.19 bits per heavy atom. The van der Waals surface area contributed by atoms with Crippen molar-refractivity contribution in [2.75, 3.05) is 0 Å². The van der Waals surface area contributed by atoms with Crippen molar-refractivity contribution < 1.29 is 0 Å². The number of aryl methyl sites for hydroxylation is 2. The number of nitrogens with two attached hydrogens (primary N) is 1. The van der Waals surface area contributed by atoms with Crippen LogP contribution in [0.2, 0.25) is 0 Å². The molecule has 3 unspecified atom stereocenters. The summed E-state index contributed by atoms with van der Waals surface area (Å²) < 4.78 is 0. The lowest BCUT2D eigenvalue weighted by molar-refractivity contribution is 0.305. The molecule has 0 aromatic heterocycles. The van der Waals surface area contributed by atoms with Crippen LogP contribution in [-0.4, -0.2) is 6.04 Å². The Hall–Kier alpha value is -0.820. The van der Waals surface area contributed by atoms with Crippen molar-refractivity contribution in [2.24, 2.45) is 11.7 Å². The highest BCUT2D eigenvalue weighted by Gasteiger charge is 2.28. The van der Waals surface area contributed by atoms with Crippen LogP contribution in [0.3, 0.4) is 0 Å². The molecule has 0 amide bonds. The standard InChI is InChI=1S/C15H23N/c1-10-4-6-12(3)13(8-10)14-9-11(2)5-7-15(14)16/h4,6,8,11,14-15H,5,7,9,16H2,1-3H3. The maximum Gasteiger partial charge on any atom is 0.0108 e. The molecule has 2 N–H and O–H groups in total. The fraction of sp³-hybridized carbons (Fsp3) is 0.600. The molecule has 1 aliphatic rings. The van der Waals surface area contributed by atoms with Crippen LogP contribution in [0.4, 0.5) is 0 Å². The second-order valence-electron chi connectivity index (χ2n) is 5.55. The van der Waals surface area contributed by atoms with Crippen LogP contribution < -0.4 is 5.73 Å². The molecule has 0 radical (unpaired) electrons. The summed E-state index contributed by atoms with van der Waals surface area (Å²) in [6.45, 7) is 6.73. The third-order valence-electron chi connectivity index (χ3n) is 4.00. The van der Waals surface area contributed by atoms with E-state index in [1.807, 2.05) is 0 Å². The Balaban J connectivity index is 2.30. The molecule has 1 nitrogen and oxygen atoms in total. The van der Waals surface area contributed by atoms with E-state index in [0.717, 1.165) is 5.92 Å². The maximum absolute atomic E-state index is 6.29. The predicted octanol–water partition coefficient (Wildman–Crippen LogP) is 3.53. The molecular formula is C15H23N. The predicted molar refractivity (Wildman–Crippen MR) is 69.6 cm³/mol. The van der Waals surface area contributed by atoms with Gasteiger partial charge in [-0.05, 0) is 56.1 Å². The van der Waals surface area contributed by atoms with Gasteiger partial charge in [0.15, 0.2) is 0 Å². The van der Waals surface area contributed by atoms with E-state index in [9.17, 15) is 0 Å². The van der Waals surface area contributed by atoms with Gasteiger partial charge in [-0.25, -0.2) is 0 Å². The molecule has 0 bridgehead atoms. The molecule has 3 atom stereocenters. The zero-order valence-corrected chi connectivity index (χ0v) is 10.7. The van der Waals surface area contributed by atoms with E-state index < -0.39 is 0 Å². The summed E-state index contributed by atoms with van der Waals surface area (Å²) in [5, 5.41) is 0. The summed E-state index contributed by atoms with van der Waals surface area (Å²) in [5.41, 5.74) is 10.5. The SMILES string of the molecule is Cc1ccc(C)c(C2CC(C)CCC2N)c1. The first-order valence-electron chi connectivity index (χ1n) is 6.40. The highest BCUT2D eigenvalue weighted by atomic mass is 14.7. The third-order valence-corrected chi connectivity index (χ3v) is 4.00. The third kappa shape index (κ3) is 2.30. The van der Waals surface area contributed by atoms with Crippen molar-refractivity contribution in [3.63, 3.8) is 0 Å². The first-order valence-corrected chi connectivity index (χ1v) is 6.40. The Kier molecular flexibility index (Phi) is 3.34. The van der Waals surface area contributed by atoms with Crippen molar-refractivity contribution in [1.29, 1.82) is 0 Å². The molecule has 1 fully saturated rings. The van der Waals surface area contributed by atoms with Crippen LogP contribution >= 0.6 is 0 Å². The van der Waals surface area contributed by atoms with Crippen molar-refractivity contribution in [1.82, 2.24) is 0 Å². The highest BCUT2D eigenvalue weighted by Crippen LogP contribution is 2.36. The largest absolute Gasteiger partial charge is 0.327 e. The van der Waals surface area contributed by atoms with Crippen molar-refractivity contribution in [3.8, 4) is 0 Å². The average molecular weight is 217 g/mol. The molecule has 2 rings (SSSR count). The Bertz CT molecular complexity index is 370. The fourth-order valence-corrected chi connectivity index (χ4v) is 2.92. The molecule has 0 saturated heterocycles. The molecule has 88 valence electrons. The molecule has 1 aliphatic carbocycles. The van der Waals surface area contributed by atoms with Crippen molar-refractivity contribution in [2.45, 2.75) is 52.0 Å². The Morgan fingerprint density at radius 2 is 1.94 bits per heavy atom. The maximum atomic E-state index is 6.29. The summed E-state index contributed by atoms with van der Waals surface area (Å²) in [7, 11) is 0. The zero-order valence-electron chi connectivity index (χ0n) is 10.7. The quantitative estimate of drug-likeness (QED) is 0.765. The van der Waals surface area contributed by atoms with Crippen molar-refractivity contribution >= 4 is 0 Å². The molecule has 1 saturated carbocycles. The Morgan fingerprint density at radius 3 is 2.69 bits per heavy atom. The number of rotatable bonds is 1. The topological polar surface area (TPSA) is 26.0 Å². The van der Waals surface area contributed by atoms with Gasteiger partial charge in [-0.1, -0.05) is 30.7 Å². The molecule has 0 spiro atoms. The summed E-state index contributed by atoms with van der Waals surface area (Å²) in [4.78, 5) is 0. The van der Waals surface area contributed by atoms with Crippen LogP contribution in [0.25, 0.3) is 0 Å².